The van der Waals surface area contributed by atoms with Gasteiger partial charge in [0.05, 0.1) is 31.1 Å². The first-order valence-electron chi connectivity index (χ1n) is 15.5. The van der Waals surface area contributed by atoms with E-state index in [0.717, 1.165) is 69.4 Å². The van der Waals surface area contributed by atoms with Gasteiger partial charge in [0.15, 0.2) is 12.2 Å². The summed E-state index contributed by atoms with van der Waals surface area (Å²) < 4.78 is 16.6. The minimum atomic E-state index is -0.721. The normalized spacial score (nSPS) is 18.4. The Morgan fingerprint density at radius 3 is 2.68 bits per heavy atom. The summed E-state index contributed by atoms with van der Waals surface area (Å²) in [7, 11) is 0. The Balaban J connectivity index is 1.01. The van der Waals surface area contributed by atoms with Gasteiger partial charge in [-0.25, -0.2) is 9.97 Å². The Labute approximate surface area is 257 Å². The molecule has 13 nitrogen and oxygen atoms in total. The van der Waals surface area contributed by atoms with Gasteiger partial charge in [-0.2, -0.15) is 4.98 Å². The van der Waals surface area contributed by atoms with E-state index in [9.17, 15) is 9.90 Å². The van der Waals surface area contributed by atoms with Crippen molar-refractivity contribution in [1.29, 1.82) is 0 Å². The van der Waals surface area contributed by atoms with E-state index >= 15 is 0 Å². The van der Waals surface area contributed by atoms with Crippen molar-refractivity contribution < 1.29 is 23.8 Å². The number of aliphatic hydroxyl groups is 1. The highest BCUT2D eigenvalue weighted by atomic mass is 16.5. The van der Waals surface area contributed by atoms with E-state index in [-0.39, 0.29) is 24.2 Å². The number of aliphatic hydroxyl groups excluding tert-OH is 1. The van der Waals surface area contributed by atoms with Crippen LogP contribution in [0.2, 0.25) is 0 Å². The monoisotopic (exact) mass is 606 g/mol. The number of fused-ring (bicyclic) bond motifs is 1. The van der Waals surface area contributed by atoms with E-state index in [1.165, 1.54) is 17.5 Å². The molecule has 0 spiro atoms. The van der Waals surface area contributed by atoms with Crippen molar-refractivity contribution in [2.24, 2.45) is 0 Å². The first kappa shape index (κ1) is 30.3. The van der Waals surface area contributed by atoms with Gasteiger partial charge in [0.2, 0.25) is 5.95 Å². The van der Waals surface area contributed by atoms with Crippen molar-refractivity contribution in [1.82, 2.24) is 30.1 Å². The molecule has 0 radical (unpaired) electrons. The maximum atomic E-state index is 13.2. The molecule has 13 heteroatoms. The Bertz CT molecular complexity index is 1420. The molecule has 3 aliphatic heterocycles. The number of hydrogen-bond donors (Lipinski definition) is 3. The minimum absolute atomic E-state index is 0.129. The lowest BCUT2D eigenvalue weighted by atomic mass is 9.99. The number of amides is 1. The fourth-order valence-electron chi connectivity index (χ4n) is 5.67. The lowest BCUT2D eigenvalue weighted by molar-refractivity contribution is 0.0209. The van der Waals surface area contributed by atoms with Crippen LogP contribution in [-0.4, -0.2) is 113 Å². The van der Waals surface area contributed by atoms with Gasteiger partial charge < -0.3 is 39.4 Å². The van der Waals surface area contributed by atoms with Crippen molar-refractivity contribution in [2.45, 2.75) is 45.6 Å². The average molecular weight is 607 g/mol. The molecule has 44 heavy (non-hydrogen) atoms. The van der Waals surface area contributed by atoms with E-state index < -0.39 is 6.10 Å². The summed E-state index contributed by atoms with van der Waals surface area (Å²) in [4.78, 5) is 33.4. The van der Waals surface area contributed by atoms with Crippen LogP contribution >= 0.6 is 0 Å². The number of carbonyl (C=O) groups is 1. The van der Waals surface area contributed by atoms with Gasteiger partial charge in [-0.05, 0) is 43.1 Å². The van der Waals surface area contributed by atoms with E-state index in [1.807, 2.05) is 13.0 Å². The van der Waals surface area contributed by atoms with Gasteiger partial charge >= 0.3 is 0 Å². The number of nitrogens with zero attached hydrogens (tertiary/aromatic N) is 6. The number of nitrogens with one attached hydrogen (secondary N) is 2. The SMILES string of the molecule is CCN1CCN(c2nc(NC3COC3)cc(C(=O)NCC(O)CN3CCc4cc(OCc5ocnc5C)ccc4C3)n2)CC1. The smallest absolute Gasteiger partial charge is 0.270 e. The van der Waals surface area contributed by atoms with Crippen molar-refractivity contribution in [2.75, 3.05) is 75.8 Å². The van der Waals surface area contributed by atoms with Crippen LogP contribution in [0.25, 0.3) is 0 Å². The third kappa shape index (κ3) is 7.46. The molecule has 0 aliphatic carbocycles. The van der Waals surface area contributed by atoms with Crippen LogP contribution in [0.4, 0.5) is 11.8 Å². The molecule has 3 aromatic rings. The highest BCUT2D eigenvalue weighted by Crippen LogP contribution is 2.25. The quantitative estimate of drug-likeness (QED) is 0.275. The number of rotatable bonds is 12. The molecule has 2 saturated heterocycles. The largest absolute Gasteiger partial charge is 0.486 e. The third-order valence-electron chi connectivity index (χ3n) is 8.49. The number of anilines is 2. The van der Waals surface area contributed by atoms with Crippen molar-refractivity contribution in [3.8, 4) is 5.75 Å². The zero-order valence-corrected chi connectivity index (χ0v) is 25.5. The number of oxazole rings is 1. The van der Waals surface area contributed by atoms with Crippen LogP contribution in [0.3, 0.4) is 0 Å². The second kappa shape index (κ2) is 13.9. The summed E-state index contributed by atoms with van der Waals surface area (Å²) in [5.41, 5.74) is 3.56. The second-order valence-electron chi connectivity index (χ2n) is 11.7. The molecule has 0 bridgehead atoms. The Morgan fingerprint density at radius 1 is 1.11 bits per heavy atom. The van der Waals surface area contributed by atoms with Crippen LogP contribution in [0, 0.1) is 6.92 Å². The topological polar surface area (TPSA) is 141 Å². The molecule has 5 heterocycles. The molecule has 3 N–H and O–H groups in total. The fourth-order valence-corrected chi connectivity index (χ4v) is 5.67. The number of likely N-dealkylation sites (N-methyl/N-ethyl adjacent to an activating group) is 1. The first-order valence-corrected chi connectivity index (χ1v) is 15.5. The van der Waals surface area contributed by atoms with Gasteiger partial charge in [0.25, 0.3) is 5.91 Å². The molecule has 2 fully saturated rings. The van der Waals surface area contributed by atoms with Gasteiger partial charge in [-0.3, -0.25) is 9.69 Å². The number of aryl methyl sites for hydroxylation is 1. The number of carbonyl (C=O) groups excluding carboxylic acids is 1. The van der Waals surface area contributed by atoms with Crippen LogP contribution in [0.15, 0.2) is 35.1 Å². The van der Waals surface area contributed by atoms with E-state index in [0.29, 0.717) is 38.1 Å². The van der Waals surface area contributed by atoms with Gasteiger partial charge in [0.1, 0.15) is 23.9 Å². The second-order valence-corrected chi connectivity index (χ2v) is 11.7. The molecule has 3 aliphatic rings. The molecule has 1 atom stereocenters. The van der Waals surface area contributed by atoms with Crippen LogP contribution in [0.5, 0.6) is 5.75 Å². The molecule has 236 valence electrons. The Hall–Kier alpha value is -3.78. The van der Waals surface area contributed by atoms with E-state index in [1.54, 1.807) is 6.07 Å². The summed E-state index contributed by atoms with van der Waals surface area (Å²) in [5, 5.41) is 17.1. The maximum absolute atomic E-state index is 13.2. The summed E-state index contributed by atoms with van der Waals surface area (Å²) in [6.45, 7) is 12.2. The number of piperazine rings is 1. The third-order valence-corrected chi connectivity index (χ3v) is 8.49. The minimum Gasteiger partial charge on any atom is -0.486 e. The average Bonchev–Trinajstić information content (AvgIpc) is 3.44. The molecule has 2 aromatic heterocycles. The lowest BCUT2D eigenvalue weighted by Gasteiger charge is -2.34. The molecule has 1 amide bonds. The molecule has 1 aromatic carbocycles. The highest BCUT2D eigenvalue weighted by molar-refractivity contribution is 5.93. The number of β-amino-alcohol motifs (C(OH)–C–C–N with tert-alkyl or cyclic N) is 1. The molecule has 0 saturated carbocycles. The van der Waals surface area contributed by atoms with Crippen LogP contribution in [-0.2, 0) is 24.3 Å². The predicted molar refractivity (Wildman–Crippen MR) is 164 cm³/mol. The Morgan fingerprint density at radius 2 is 1.95 bits per heavy atom. The molecule has 1 unspecified atom stereocenters. The van der Waals surface area contributed by atoms with Crippen LogP contribution in [0.1, 0.15) is 40.0 Å². The molecule has 6 rings (SSSR count). The first-order chi connectivity index (χ1) is 21.4. The number of aromatic nitrogens is 3. The molecular weight excluding hydrogens is 564 g/mol. The predicted octanol–water partition coefficient (Wildman–Crippen LogP) is 1.45. The van der Waals surface area contributed by atoms with Crippen LogP contribution < -0.4 is 20.3 Å². The maximum Gasteiger partial charge on any atom is 0.270 e. The summed E-state index contributed by atoms with van der Waals surface area (Å²) in [6.07, 6.45) is 1.56. The van der Waals surface area contributed by atoms with Crippen molar-refractivity contribution >= 4 is 17.7 Å². The summed E-state index contributed by atoms with van der Waals surface area (Å²) in [5.74, 6) is 2.35. The zero-order valence-electron chi connectivity index (χ0n) is 25.5. The summed E-state index contributed by atoms with van der Waals surface area (Å²) >= 11 is 0. The van der Waals surface area contributed by atoms with E-state index in [4.69, 9.17) is 18.9 Å². The van der Waals surface area contributed by atoms with Gasteiger partial charge in [-0.1, -0.05) is 13.0 Å². The van der Waals surface area contributed by atoms with Gasteiger partial charge in [-0.15, -0.1) is 0 Å². The molecular formula is C31H42N8O5. The standard InChI is InChI=1S/C31H42N8O5/c1-3-37-8-10-39(11-9-37)31-35-27(13-29(36-31)34-24-17-42-18-24)30(41)32-14-25(40)16-38-7-6-22-12-26(5-4-23(22)15-38)43-19-28-21(2)33-20-44-28/h4-5,12-13,20,24-25,40H,3,6-11,14-19H2,1-2H3,(H,32,41)(H,34,35,36). The Kier molecular flexibility index (Phi) is 9.55. The number of benzene rings is 1. The van der Waals surface area contributed by atoms with Crippen molar-refractivity contribution in [3.05, 3.63) is 58.9 Å². The summed E-state index contributed by atoms with van der Waals surface area (Å²) in [6, 6.07) is 7.97. The fraction of sp³-hybridized carbons (Fsp3) is 0.548. The number of ether oxygens (including phenoxy) is 2. The lowest BCUT2D eigenvalue weighted by Crippen LogP contribution is -2.47. The highest BCUT2D eigenvalue weighted by Gasteiger charge is 2.24. The van der Waals surface area contributed by atoms with E-state index in [2.05, 4.69) is 54.4 Å². The number of hydrogen-bond acceptors (Lipinski definition) is 12. The van der Waals surface area contributed by atoms with Gasteiger partial charge in [0, 0.05) is 58.4 Å². The zero-order chi connectivity index (χ0) is 30.5. The van der Waals surface area contributed by atoms with Crippen molar-refractivity contribution in [3.63, 3.8) is 0 Å².